The Labute approximate surface area is 30.0 Å². The number of alkyl halides is 1. The van der Waals surface area contributed by atoms with Crippen LogP contribution in [0.2, 0.25) is 0 Å². The second kappa shape index (κ2) is 0.684. The van der Waals surface area contributed by atoms with Crippen molar-refractivity contribution < 1.29 is 4.39 Å². The van der Waals surface area contributed by atoms with Crippen molar-refractivity contribution in [3.05, 3.63) is 0 Å². The van der Waals surface area contributed by atoms with Gasteiger partial charge in [0.25, 0.3) is 0 Å². The first-order valence-electron chi connectivity index (χ1n) is 1.70. The molecule has 2 heteroatoms. The highest BCUT2D eigenvalue weighted by atomic mass is 19.1. The van der Waals surface area contributed by atoms with Gasteiger partial charge in [0.15, 0.2) is 0 Å². The Bertz CT molecular complexity index is 40.2. The minimum Gasteiger partial charge on any atom is -0.325 e. The fourth-order valence-electron chi connectivity index (χ4n) is 0.181. The van der Waals surface area contributed by atoms with Crippen molar-refractivity contribution in [1.82, 2.24) is 0 Å². The summed E-state index contributed by atoms with van der Waals surface area (Å²) < 4.78 is 11.4. The van der Waals surface area contributed by atoms with Gasteiger partial charge in [-0.05, 0) is 6.42 Å². The molecular weight excluding hydrogens is 69.0 g/mol. The molecule has 0 aromatic rings. The quantitative estimate of drug-likeness (QED) is 0.432. The molecule has 2 N–H and O–H groups in total. The van der Waals surface area contributed by atoms with E-state index in [-0.39, 0.29) is 6.04 Å². The van der Waals surface area contributed by atoms with Gasteiger partial charge in [-0.2, -0.15) is 0 Å². The average Bonchev–Trinajstić information content (AvgIpc) is 1.79. The first-order chi connectivity index (χ1) is 2.30. The Morgan fingerprint density at radius 3 is 2.00 bits per heavy atom. The fraction of sp³-hybridized carbons (Fsp3) is 1.00. The van der Waals surface area contributed by atoms with Crippen LogP contribution in [-0.4, -0.2) is 12.2 Å². The first kappa shape index (κ1) is 3.09. The molecule has 1 rings (SSSR count). The third-order valence-electron chi connectivity index (χ3n) is 0.759. The van der Waals surface area contributed by atoms with E-state index < -0.39 is 6.17 Å². The molecule has 0 aliphatic heterocycles. The van der Waals surface area contributed by atoms with Crippen molar-refractivity contribution in [2.75, 3.05) is 0 Å². The van der Waals surface area contributed by atoms with E-state index in [0.29, 0.717) is 6.42 Å². The molecule has 0 amide bonds. The zero-order valence-corrected chi connectivity index (χ0v) is 2.82. The minimum atomic E-state index is -0.671. The Hall–Kier alpha value is -0.110. The molecule has 30 valence electrons. The topological polar surface area (TPSA) is 26.0 Å². The highest BCUT2D eigenvalue weighted by molar-refractivity contribution is 4.89. The van der Waals surface area contributed by atoms with Gasteiger partial charge in [-0.15, -0.1) is 0 Å². The van der Waals surface area contributed by atoms with E-state index in [1.807, 2.05) is 0 Å². The molecule has 0 bridgehead atoms. The van der Waals surface area contributed by atoms with Crippen molar-refractivity contribution in [3.8, 4) is 0 Å². The molecule has 1 fully saturated rings. The predicted molar refractivity (Wildman–Crippen MR) is 17.5 cm³/mol. The van der Waals surface area contributed by atoms with Gasteiger partial charge in [0, 0.05) is 6.04 Å². The second-order valence-corrected chi connectivity index (χ2v) is 1.42. The monoisotopic (exact) mass is 75.0 g/mol. The molecule has 1 saturated carbocycles. The number of hydrogen-bond donors (Lipinski definition) is 1. The lowest BCUT2D eigenvalue weighted by Gasteiger charge is -1.66. The Kier molecular flexibility index (Phi) is 0.424. The zero-order valence-electron chi connectivity index (χ0n) is 2.82. The number of hydrogen-bond acceptors (Lipinski definition) is 1. The summed E-state index contributed by atoms with van der Waals surface area (Å²) >= 11 is 0. The summed E-state index contributed by atoms with van der Waals surface area (Å²) in [6, 6.07) is -0.116. The highest BCUT2D eigenvalue weighted by Gasteiger charge is 2.32. The van der Waals surface area contributed by atoms with Gasteiger partial charge < -0.3 is 5.73 Å². The van der Waals surface area contributed by atoms with E-state index in [4.69, 9.17) is 5.73 Å². The van der Waals surface area contributed by atoms with E-state index in [9.17, 15) is 4.39 Å². The number of nitrogens with two attached hydrogens (primary N) is 1. The van der Waals surface area contributed by atoms with Crippen LogP contribution in [0.3, 0.4) is 0 Å². The zero-order chi connectivity index (χ0) is 3.86. The van der Waals surface area contributed by atoms with Crippen molar-refractivity contribution in [1.29, 1.82) is 0 Å². The largest absolute Gasteiger partial charge is 0.325 e. The maximum atomic E-state index is 11.4. The molecule has 0 aromatic carbocycles. The average molecular weight is 75.1 g/mol. The van der Waals surface area contributed by atoms with Gasteiger partial charge >= 0.3 is 0 Å². The van der Waals surface area contributed by atoms with Crippen LogP contribution < -0.4 is 5.73 Å². The van der Waals surface area contributed by atoms with Crippen molar-refractivity contribution in [2.24, 2.45) is 5.73 Å². The Morgan fingerprint density at radius 1 is 1.80 bits per heavy atom. The lowest BCUT2D eigenvalue weighted by molar-refractivity contribution is 0.467. The number of halogens is 1. The lowest BCUT2D eigenvalue weighted by atomic mass is 10.8. The summed E-state index contributed by atoms with van der Waals surface area (Å²) in [7, 11) is 0. The smallest absolute Gasteiger partial charge is 0.117 e. The maximum Gasteiger partial charge on any atom is 0.117 e. The first-order valence-corrected chi connectivity index (χ1v) is 1.70. The Balaban J connectivity index is 2.20. The summed E-state index contributed by atoms with van der Waals surface area (Å²) in [4.78, 5) is 0. The van der Waals surface area contributed by atoms with E-state index in [0.717, 1.165) is 0 Å². The van der Waals surface area contributed by atoms with Gasteiger partial charge in [0.05, 0.1) is 0 Å². The van der Waals surface area contributed by atoms with Crippen LogP contribution in [0.1, 0.15) is 6.42 Å². The van der Waals surface area contributed by atoms with Crippen LogP contribution in [0.4, 0.5) is 4.39 Å². The van der Waals surface area contributed by atoms with Crippen LogP contribution in [-0.2, 0) is 0 Å². The second-order valence-electron chi connectivity index (χ2n) is 1.42. The van der Waals surface area contributed by atoms with E-state index in [1.54, 1.807) is 0 Å². The summed E-state index contributed by atoms with van der Waals surface area (Å²) in [6.45, 7) is 0. The van der Waals surface area contributed by atoms with E-state index in [1.165, 1.54) is 0 Å². The van der Waals surface area contributed by atoms with Crippen molar-refractivity contribution in [3.63, 3.8) is 0 Å². The van der Waals surface area contributed by atoms with Gasteiger partial charge in [0.1, 0.15) is 6.17 Å². The van der Waals surface area contributed by atoms with Gasteiger partial charge in [0.2, 0.25) is 0 Å². The predicted octanol–water partition coefficient (Wildman–Crippen LogP) is 0.0555. The van der Waals surface area contributed by atoms with E-state index in [2.05, 4.69) is 0 Å². The van der Waals surface area contributed by atoms with E-state index >= 15 is 0 Å². The maximum absolute atomic E-state index is 11.4. The molecule has 2 atom stereocenters. The fourth-order valence-corrected chi connectivity index (χ4v) is 0.181. The Morgan fingerprint density at radius 2 is 2.00 bits per heavy atom. The molecule has 1 aliphatic carbocycles. The van der Waals surface area contributed by atoms with Gasteiger partial charge in [-0.3, -0.25) is 0 Å². The molecule has 5 heavy (non-hydrogen) atoms. The minimum absolute atomic E-state index is 0.116. The summed E-state index contributed by atoms with van der Waals surface area (Å²) in [6.07, 6.45) is -0.0880. The third kappa shape index (κ3) is 0.401. The van der Waals surface area contributed by atoms with Gasteiger partial charge in [-0.1, -0.05) is 0 Å². The van der Waals surface area contributed by atoms with Crippen molar-refractivity contribution >= 4 is 0 Å². The van der Waals surface area contributed by atoms with Crippen LogP contribution in [0.5, 0.6) is 0 Å². The van der Waals surface area contributed by atoms with Crippen LogP contribution in [0.25, 0.3) is 0 Å². The molecule has 0 saturated heterocycles. The third-order valence-corrected chi connectivity index (χ3v) is 0.759. The highest BCUT2D eigenvalue weighted by Crippen LogP contribution is 2.21. The summed E-state index contributed by atoms with van der Waals surface area (Å²) in [5, 5.41) is 0. The normalized spacial score (nSPS) is 49.2. The summed E-state index contributed by atoms with van der Waals surface area (Å²) in [5.41, 5.74) is 4.99. The lowest BCUT2D eigenvalue weighted by Crippen LogP contribution is -2.00. The molecule has 1 aliphatic rings. The molecule has 1 unspecified atom stereocenters. The molecule has 0 spiro atoms. The number of rotatable bonds is 0. The molecular formula is C3H6FN. The summed E-state index contributed by atoms with van der Waals surface area (Å²) in [5.74, 6) is 0. The van der Waals surface area contributed by atoms with Gasteiger partial charge in [-0.25, -0.2) is 4.39 Å². The van der Waals surface area contributed by atoms with Crippen molar-refractivity contribution in [2.45, 2.75) is 18.6 Å². The standard InChI is InChI=1S/C3H6FN/c4-2-1-3(2)5/h2-3H,1,5H2/t2-,3?/m1/s1. The molecule has 0 radical (unpaired) electrons. The SMILES string of the molecule is NC1C[C@H]1F. The van der Waals surface area contributed by atoms with Crippen LogP contribution in [0, 0.1) is 0 Å². The molecule has 0 heterocycles. The van der Waals surface area contributed by atoms with Crippen LogP contribution >= 0.6 is 0 Å². The molecule has 0 aromatic heterocycles. The van der Waals surface area contributed by atoms with Crippen LogP contribution in [0.15, 0.2) is 0 Å². The molecule has 1 nitrogen and oxygen atoms in total.